The first kappa shape index (κ1) is 11.7. The van der Waals surface area contributed by atoms with E-state index in [0.717, 1.165) is 22.3 Å². The van der Waals surface area contributed by atoms with E-state index < -0.39 is 5.97 Å². The van der Waals surface area contributed by atoms with Gasteiger partial charge in [-0.15, -0.1) is 11.3 Å². The van der Waals surface area contributed by atoms with Gasteiger partial charge < -0.3 is 10.4 Å². The van der Waals surface area contributed by atoms with Crippen LogP contribution in [0.2, 0.25) is 0 Å². The summed E-state index contributed by atoms with van der Waals surface area (Å²) in [7, 11) is 0. The molecule has 2 aromatic rings. The van der Waals surface area contributed by atoms with Crippen LogP contribution in [-0.4, -0.2) is 16.8 Å². The van der Waals surface area contributed by atoms with Gasteiger partial charge >= 0.3 is 5.97 Å². The zero-order valence-electron chi connectivity index (χ0n) is 9.83. The number of nitrogens with one attached hydrogen (secondary N) is 1. The number of para-hydroxylation sites is 2. The number of anilines is 1. The summed E-state index contributed by atoms with van der Waals surface area (Å²) in [5, 5.41) is 14.0. The average Bonchev–Trinajstić information content (AvgIpc) is 2.91. The Balaban J connectivity index is 2.16. The molecule has 0 atom stereocenters. The third-order valence-corrected chi connectivity index (χ3v) is 3.56. The van der Waals surface area contributed by atoms with Crippen molar-refractivity contribution >= 4 is 34.4 Å². The van der Waals surface area contributed by atoms with E-state index >= 15 is 0 Å². The van der Waals surface area contributed by atoms with Gasteiger partial charge in [-0.1, -0.05) is 18.2 Å². The molecule has 2 heterocycles. The Labute approximate surface area is 113 Å². The fourth-order valence-electron chi connectivity index (χ4n) is 1.89. The van der Waals surface area contributed by atoms with E-state index in [1.54, 1.807) is 0 Å². The Morgan fingerprint density at radius 3 is 2.84 bits per heavy atom. The topological polar surface area (TPSA) is 61.7 Å². The van der Waals surface area contributed by atoms with E-state index in [2.05, 4.69) is 10.3 Å². The van der Waals surface area contributed by atoms with Crippen LogP contribution in [0.15, 0.2) is 58.5 Å². The molecule has 2 N–H and O–H groups in total. The number of nitrogens with zero attached hydrogens (tertiary/aromatic N) is 1. The van der Waals surface area contributed by atoms with E-state index in [9.17, 15) is 4.79 Å². The lowest BCUT2D eigenvalue weighted by molar-refractivity contribution is -0.131. The lowest BCUT2D eigenvalue weighted by Crippen LogP contribution is -2.17. The fourth-order valence-corrected chi connectivity index (χ4v) is 2.62. The molecule has 0 bridgehead atoms. The summed E-state index contributed by atoms with van der Waals surface area (Å²) in [6.45, 7) is 0. The van der Waals surface area contributed by atoms with Gasteiger partial charge in [0.05, 0.1) is 21.9 Å². The quantitative estimate of drug-likeness (QED) is 0.823. The van der Waals surface area contributed by atoms with E-state index in [4.69, 9.17) is 5.11 Å². The van der Waals surface area contributed by atoms with Gasteiger partial charge in [0.15, 0.2) is 0 Å². The molecule has 0 fully saturated rings. The normalized spacial score (nSPS) is 15.6. The minimum absolute atomic E-state index is 0.508. The van der Waals surface area contributed by atoms with Crippen LogP contribution in [0.5, 0.6) is 0 Å². The van der Waals surface area contributed by atoms with Crippen molar-refractivity contribution in [2.24, 2.45) is 4.99 Å². The zero-order chi connectivity index (χ0) is 13.2. The summed E-state index contributed by atoms with van der Waals surface area (Å²) in [6.07, 6.45) is 1.15. The SMILES string of the molecule is O=C(O)/C=C1\Nc2ccccc2N=C1c1cccs1. The Kier molecular flexibility index (Phi) is 2.89. The Morgan fingerprint density at radius 2 is 2.11 bits per heavy atom. The second-order valence-electron chi connectivity index (χ2n) is 3.98. The van der Waals surface area contributed by atoms with Crippen LogP contribution >= 0.6 is 11.3 Å². The van der Waals surface area contributed by atoms with Crippen LogP contribution in [0.4, 0.5) is 11.4 Å². The molecule has 0 unspecified atom stereocenters. The van der Waals surface area contributed by atoms with E-state index in [1.165, 1.54) is 11.3 Å². The smallest absolute Gasteiger partial charge is 0.330 e. The van der Waals surface area contributed by atoms with E-state index in [0.29, 0.717) is 11.4 Å². The van der Waals surface area contributed by atoms with Crippen molar-refractivity contribution in [3.05, 3.63) is 58.4 Å². The Bertz CT molecular complexity index is 687. The van der Waals surface area contributed by atoms with Crippen LogP contribution < -0.4 is 5.32 Å². The number of hydrogen-bond donors (Lipinski definition) is 2. The van der Waals surface area contributed by atoms with Crippen molar-refractivity contribution in [1.29, 1.82) is 0 Å². The lowest BCUT2D eigenvalue weighted by Gasteiger charge is -2.19. The van der Waals surface area contributed by atoms with Gasteiger partial charge in [0.2, 0.25) is 0 Å². The highest BCUT2D eigenvalue weighted by Crippen LogP contribution is 2.33. The Morgan fingerprint density at radius 1 is 1.26 bits per heavy atom. The van der Waals surface area contributed by atoms with Crippen LogP contribution in [-0.2, 0) is 4.79 Å². The highest BCUT2D eigenvalue weighted by atomic mass is 32.1. The van der Waals surface area contributed by atoms with Gasteiger partial charge in [0, 0.05) is 6.08 Å². The van der Waals surface area contributed by atoms with Crippen molar-refractivity contribution in [3.8, 4) is 0 Å². The van der Waals surface area contributed by atoms with Gasteiger partial charge in [-0.25, -0.2) is 9.79 Å². The van der Waals surface area contributed by atoms with E-state index in [-0.39, 0.29) is 0 Å². The molecule has 1 aliphatic heterocycles. The molecular formula is C14H10N2O2S. The summed E-state index contributed by atoms with van der Waals surface area (Å²) in [5.41, 5.74) is 2.80. The maximum absolute atomic E-state index is 10.9. The number of fused-ring (bicyclic) bond motifs is 1. The second-order valence-corrected chi connectivity index (χ2v) is 4.92. The number of allylic oxidation sites excluding steroid dienone is 1. The molecule has 0 spiro atoms. The third-order valence-electron chi connectivity index (χ3n) is 2.68. The molecule has 94 valence electrons. The molecule has 1 aromatic carbocycles. The Hall–Kier alpha value is -2.40. The number of carboxylic acid groups (broad SMARTS) is 1. The molecule has 0 saturated heterocycles. The van der Waals surface area contributed by atoms with Gasteiger partial charge in [-0.05, 0) is 23.6 Å². The maximum atomic E-state index is 10.9. The first-order valence-corrected chi connectivity index (χ1v) is 6.55. The number of thiophene rings is 1. The van der Waals surface area contributed by atoms with Crippen molar-refractivity contribution in [2.75, 3.05) is 5.32 Å². The minimum atomic E-state index is -0.994. The maximum Gasteiger partial charge on any atom is 0.330 e. The van der Waals surface area contributed by atoms with Gasteiger partial charge in [0.1, 0.15) is 5.71 Å². The highest BCUT2D eigenvalue weighted by Gasteiger charge is 2.19. The fraction of sp³-hybridized carbons (Fsp3) is 0. The molecule has 1 aliphatic rings. The summed E-state index contributed by atoms with van der Waals surface area (Å²) < 4.78 is 0. The molecule has 0 aliphatic carbocycles. The molecule has 0 radical (unpaired) electrons. The zero-order valence-corrected chi connectivity index (χ0v) is 10.6. The average molecular weight is 270 g/mol. The van der Waals surface area contributed by atoms with Crippen LogP contribution in [0, 0.1) is 0 Å². The molecular weight excluding hydrogens is 260 g/mol. The number of aliphatic carboxylic acids is 1. The predicted octanol–water partition coefficient (Wildman–Crippen LogP) is 3.26. The van der Waals surface area contributed by atoms with Crippen LogP contribution in [0.3, 0.4) is 0 Å². The summed E-state index contributed by atoms with van der Waals surface area (Å²) in [6, 6.07) is 11.4. The molecule has 1 aromatic heterocycles. The summed E-state index contributed by atoms with van der Waals surface area (Å²) in [5.74, 6) is -0.994. The van der Waals surface area contributed by atoms with Crippen molar-refractivity contribution in [3.63, 3.8) is 0 Å². The molecule has 5 heteroatoms. The van der Waals surface area contributed by atoms with Crippen molar-refractivity contribution in [2.45, 2.75) is 0 Å². The van der Waals surface area contributed by atoms with Gasteiger partial charge in [0.25, 0.3) is 0 Å². The molecule has 4 nitrogen and oxygen atoms in total. The summed E-state index contributed by atoms with van der Waals surface area (Å²) >= 11 is 1.53. The molecule has 0 saturated carbocycles. The molecule has 19 heavy (non-hydrogen) atoms. The molecule has 3 rings (SSSR count). The highest BCUT2D eigenvalue weighted by molar-refractivity contribution is 7.12. The largest absolute Gasteiger partial charge is 0.478 e. The first-order valence-electron chi connectivity index (χ1n) is 5.67. The number of rotatable bonds is 2. The van der Waals surface area contributed by atoms with E-state index in [1.807, 2.05) is 41.8 Å². The van der Waals surface area contributed by atoms with Crippen molar-refractivity contribution < 1.29 is 9.90 Å². The molecule has 0 amide bonds. The number of benzene rings is 1. The third kappa shape index (κ3) is 2.28. The predicted molar refractivity (Wildman–Crippen MR) is 76.3 cm³/mol. The lowest BCUT2D eigenvalue weighted by atomic mass is 10.1. The van der Waals surface area contributed by atoms with Crippen molar-refractivity contribution in [1.82, 2.24) is 0 Å². The number of carboxylic acids is 1. The minimum Gasteiger partial charge on any atom is -0.478 e. The monoisotopic (exact) mass is 270 g/mol. The standard InChI is InChI=1S/C14H10N2O2S/c17-13(18)8-11-14(12-6-3-7-19-12)16-10-5-2-1-4-9(10)15-11/h1-8,15H,(H,17,18)/b11-8-. The summed E-state index contributed by atoms with van der Waals surface area (Å²) in [4.78, 5) is 16.4. The number of carbonyl (C=O) groups is 1. The second kappa shape index (κ2) is 4.70. The number of hydrogen-bond acceptors (Lipinski definition) is 4. The van der Waals surface area contributed by atoms with Gasteiger partial charge in [-0.3, -0.25) is 0 Å². The van der Waals surface area contributed by atoms with Crippen LogP contribution in [0.25, 0.3) is 0 Å². The first-order chi connectivity index (χ1) is 9.24. The van der Waals surface area contributed by atoms with Crippen LogP contribution in [0.1, 0.15) is 4.88 Å². The van der Waals surface area contributed by atoms with Gasteiger partial charge in [-0.2, -0.15) is 0 Å². The number of aliphatic imine (C=N–C) groups is 1.